The lowest BCUT2D eigenvalue weighted by atomic mass is 10.1. The first-order chi connectivity index (χ1) is 15.1. The summed E-state index contributed by atoms with van der Waals surface area (Å²) in [6.45, 7) is 0.895. The standard InChI is InChI=1S/C18H23N4O8PS/c1-10(17(25)26)21-31(28,30-11-5-3-2-4-6-11)29-9-12-14(23)15(24)16(32-12)22-8-7-13(19)20-18(22)27/h2-8,10,12,14-16,23-24H,9H2,1H3,(H,21,28)(H,25,26)(H2,19,20,27)/t10?,12-,14-,15+,16-,31+/m1/s1. The molecule has 12 nitrogen and oxygen atoms in total. The van der Waals surface area contributed by atoms with E-state index in [1.165, 1.54) is 31.3 Å². The van der Waals surface area contributed by atoms with Crippen LogP contribution in [-0.2, 0) is 13.9 Å². The fraction of sp³-hybridized carbons (Fsp3) is 0.389. The molecule has 1 aliphatic heterocycles. The van der Waals surface area contributed by atoms with Crippen LogP contribution in [0.25, 0.3) is 0 Å². The van der Waals surface area contributed by atoms with Crippen LogP contribution < -0.4 is 21.0 Å². The zero-order chi connectivity index (χ0) is 23.5. The highest BCUT2D eigenvalue weighted by Crippen LogP contribution is 2.48. The number of hydrogen-bond donors (Lipinski definition) is 5. The number of nitrogen functional groups attached to an aromatic ring is 1. The van der Waals surface area contributed by atoms with Gasteiger partial charge in [0.1, 0.15) is 29.1 Å². The summed E-state index contributed by atoms with van der Waals surface area (Å²) >= 11 is 1.01. The van der Waals surface area contributed by atoms with Crippen LogP contribution >= 0.6 is 19.5 Å². The van der Waals surface area contributed by atoms with Crippen molar-refractivity contribution in [3.8, 4) is 5.75 Å². The number of nitrogens with one attached hydrogen (secondary N) is 1. The lowest BCUT2D eigenvalue weighted by Gasteiger charge is -2.24. The lowest BCUT2D eigenvalue weighted by Crippen LogP contribution is -2.37. The second-order valence-corrected chi connectivity index (χ2v) is 10.0. The fourth-order valence-corrected chi connectivity index (χ4v) is 5.95. The molecule has 6 atom stereocenters. The van der Waals surface area contributed by atoms with Gasteiger partial charge in [0.2, 0.25) is 0 Å². The normalized spacial score (nSPS) is 25.7. The number of carbonyl (C=O) groups is 1. The predicted molar refractivity (Wildman–Crippen MR) is 116 cm³/mol. The highest BCUT2D eigenvalue weighted by atomic mass is 32.2. The Bertz CT molecular complexity index is 1050. The molecule has 1 aromatic carbocycles. The molecular weight excluding hydrogens is 463 g/mol. The van der Waals surface area contributed by atoms with Gasteiger partial charge in [0.15, 0.2) is 0 Å². The monoisotopic (exact) mass is 486 g/mol. The zero-order valence-electron chi connectivity index (χ0n) is 16.8. The van der Waals surface area contributed by atoms with E-state index < -0.39 is 48.3 Å². The molecule has 1 aromatic heterocycles. The summed E-state index contributed by atoms with van der Waals surface area (Å²) in [6, 6.07) is 8.14. The second-order valence-electron chi connectivity index (χ2n) is 6.98. The van der Waals surface area contributed by atoms with Crippen molar-refractivity contribution in [2.24, 2.45) is 0 Å². The number of aliphatic carboxylic acids is 1. The second kappa shape index (κ2) is 10.0. The van der Waals surface area contributed by atoms with Crippen LogP contribution in [0.4, 0.5) is 5.82 Å². The van der Waals surface area contributed by atoms with Gasteiger partial charge in [0, 0.05) is 6.20 Å². The Morgan fingerprint density at radius 1 is 1.31 bits per heavy atom. The van der Waals surface area contributed by atoms with Crippen molar-refractivity contribution in [3.05, 3.63) is 53.1 Å². The van der Waals surface area contributed by atoms with Crippen molar-refractivity contribution in [2.75, 3.05) is 12.3 Å². The quantitative estimate of drug-likeness (QED) is 0.308. The van der Waals surface area contributed by atoms with Gasteiger partial charge in [-0.05, 0) is 25.1 Å². The topological polar surface area (TPSA) is 186 Å². The third kappa shape index (κ3) is 5.68. The number of para-hydroxylation sites is 1. The van der Waals surface area contributed by atoms with Gasteiger partial charge in [0.25, 0.3) is 0 Å². The molecule has 0 bridgehead atoms. The number of benzene rings is 1. The van der Waals surface area contributed by atoms with E-state index in [1.807, 2.05) is 0 Å². The van der Waals surface area contributed by atoms with Crippen LogP contribution in [0, 0.1) is 0 Å². The van der Waals surface area contributed by atoms with Crippen LogP contribution in [-0.4, -0.2) is 60.9 Å². The van der Waals surface area contributed by atoms with Crippen molar-refractivity contribution in [2.45, 2.75) is 35.8 Å². The maximum atomic E-state index is 13.2. The number of nitrogens with two attached hydrogens (primary N) is 1. The number of rotatable bonds is 9. The smallest absolute Gasteiger partial charge is 0.459 e. The molecule has 1 aliphatic rings. The first-order valence-corrected chi connectivity index (χ1v) is 11.9. The summed E-state index contributed by atoms with van der Waals surface area (Å²) in [5.41, 5.74) is 4.78. The molecule has 0 aliphatic carbocycles. The molecule has 32 heavy (non-hydrogen) atoms. The maximum Gasteiger partial charge on any atom is 0.459 e. The maximum absolute atomic E-state index is 13.2. The van der Waals surface area contributed by atoms with Crippen molar-refractivity contribution in [3.63, 3.8) is 0 Å². The van der Waals surface area contributed by atoms with Gasteiger partial charge in [-0.15, -0.1) is 11.8 Å². The summed E-state index contributed by atoms with van der Waals surface area (Å²) in [5, 5.41) is 30.6. The molecule has 0 spiro atoms. The Morgan fingerprint density at radius 2 is 2.00 bits per heavy atom. The van der Waals surface area contributed by atoms with Crippen LogP contribution in [0.2, 0.25) is 0 Å². The van der Waals surface area contributed by atoms with Gasteiger partial charge >= 0.3 is 19.4 Å². The molecule has 3 rings (SSSR count). The van der Waals surface area contributed by atoms with Gasteiger partial charge in [-0.25, -0.2) is 9.36 Å². The van der Waals surface area contributed by atoms with Crippen LogP contribution in [0.3, 0.4) is 0 Å². The molecule has 174 valence electrons. The van der Waals surface area contributed by atoms with E-state index >= 15 is 0 Å². The van der Waals surface area contributed by atoms with E-state index in [0.29, 0.717) is 0 Å². The minimum absolute atomic E-state index is 0.0155. The average molecular weight is 486 g/mol. The number of carboxylic acids is 1. The Kier molecular flexibility index (Phi) is 7.59. The lowest BCUT2D eigenvalue weighted by molar-refractivity contribution is -0.138. The van der Waals surface area contributed by atoms with Gasteiger partial charge < -0.3 is 25.6 Å². The van der Waals surface area contributed by atoms with Gasteiger partial charge in [-0.3, -0.25) is 13.9 Å². The number of thioether (sulfide) groups is 1. The van der Waals surface area contributed by atoms with E-state index in [4.69, 9.17) is 19.9 Å². The molecule has 6 N–H and O–H groups in total. The van der Waals surface area contributed by atoms with Crippen molar-refractivity contribution in [1.29, 1.82) is 0 Å². The molecule has 2 aromatic rings. The Morgan fingerprint density at radius 3 is 2.62 bits per heavy atom. The summed E-state index contributed by atoms with van der Waals surface area (Å²) in [6.07, 6.45) is -1.34. The minimum Gasteiger partial charge on any atom is -0.480 e. The molecule has 1 saturated heterocycles. The Balaban J connectivity index is 1.75. The van der Waals surface area contributed by atoms with E-state index in [0.717, 1.165) is 16.3 Å². The van der Waals surface area contributed by atoms with Crippen molar-refractivity contribution in [1.82, 2.24) is 14.6 Å². The third-order valence-corrected chi connectivity index (χ3v) is 7.76. The van der Waals surface area contributed by atoms with Crippen LogP contribution in [0.5, 0.6) is 5.75 Å². The number of aliphatic hydroxyl groups excluding tert-OH is 2. The number of anilines is 1. The molecular formula is C18H23N4O8PS. The number of nitrogens with zero attached hydrogens (tertiary/aromatic N) is 2. The Hall–Kier alpha value is -2.41. The number of carboxylic acid groups (broad SMARTS) is 1. The summed E-state index contributed by atoms with van der Waals surface area (Å²) in [7, 11) is -4.19. The van der Waals surface area contributed by atoms with E-state index in [2.05, 4.69) is 10.1 Å². The zero-order valence-corrected chi connectivity index (χ0v) is 18.6. The molecule has 1 unspecified atom stereocenters. The molecule has 0 radical (unpaired) electrons. The third-order valence-electron chi connectivity index (χ3n) is 4.56. The van der Waals surface area contributed by atoms with Gasteiger partial charge in [-0.1, -0.05) is 18.2 Å². The minimum atomic E-state index is -4.19. The van der Waals surface area contributed by atoms with Crippen LogP contribution in [0.1, 0.15) is 12.3 Å². The van der Waals surface area contributed by atoms with E-state index in [-0.39, 0.29) is 18.2 Å². The number of aromatic nitrogens is 2. The predicted octanol–water partition coefficient (Wildman–Crippen LogP) is 0.428. The highest BCUT2D eigenvalue weighted by Gasteiger charge is 2.45. The van der Waals surface area contributed by atoms with Crippen molar-refractivity contribution < 1.29 is 33.7 Å². The van der Waals surface area contributed by atoms with E-state index in [1.54, 1.807) is 18.2 Å². The van der Waals surface area contributed by atoms with Gasteiger partial charge in [0.05, 0.1) is 18.0 Å². The SMILES string of the molecule is CC(N[P@](=O)(OC[C@H]1S[C@@H](n2ccc(N)nc2=O)[C@@H](O)[C@@H]1O)Oc1ccccc1)C(=O)O. The fourth-order valence-electron chi connectivity index (χ4n) is 2.89. The first-order valence-electron chi connectivity index (χ1n) is 9.46. The Labute approximate surface area is 187 Å². The summed E-state index contributed by atoms with van der Waals surface area (Å²) < 4.78 is 25.2. The van der Waals surface area contributed by atoms with Crippen LogP contribution in [0.15, 0.2) is 47.4 Å². The number of aliphatic hydroxyl groups is 2. The molecule has 0 amide bonds. The van der Waals surface area contributed by atoms with E-state index in [9.17, 15) is 24.4 Å². The highest BCUT2D eigenvalue weighted by molar-refractivity contribution is 8.00. The van der Waals surface area contributed by atoms with Crippen molar-refractivity contribution >= 4 is 31.3 Å². The average Bonchev–Trinajstić information content (AvgIpc) is 3.01. The molecule has 1 fully saturated rings. The first kappa shape index (κ1) is 24.2. The van der Waals surface area contributed by atoms with Gasteiger partial charge in [-0.2, -0.15) is 10.1 Å². The summed E-state index contributed by atoms with van der Waals surface area (Å²) in [4.78, 5) is 26.9. The molecule has 0 saturated carbocycles. The molecule has 2 heterocycles. The largest absolute Gasteiger partial charge is 0.480 e. The molecule has 14 heteroatoms. The number of hydrogen-bond acceptors (Lipinski definition) is 10. The summed E-state index contributed by atoms with van der Waals surface area (Å²) in [5.74, 6) is -1.08.